The average molecular weight is 806 g/mol. The van der Waals surface area contributed by atoms with Crippen molar-refractivity contribution in [2.75, 3.05) is 0 Å². The number of carbonyl (C=O) groups excluding carboxylic acids is 4. The van der Waals surface area contributed by atoms with E-state index in [1.54, 1.807) is 97.9 Å². The Morgan fingerprint density at radius 2 is 1.20 bits per heavy atom. The zero-order chi connectivity index (χ0) is 41.5. The molecule has 314 valence electrons. The molecule has 10 nitrogen and oxygen atoms in total. The van der Waals surface area contributed by atoms with Crippen LogP contribution in [0.5, 0.6) is 0 Å². The summed E-state index contributed by atoms with van der Waals surface area (Å²) in [6.07, 6.45) is 3.10. The first-order chi connectivity index (χ1) is 28.4. The highest BCUT2D eigenvalue weighted by Gasteiger charge is 2.67. The summed E-state index contributed by atoms with van der Waals surface area (Å²) in [5.74, 6) is -0.327. The molecular weight excluding hydrogens is 747 g/mol. The number of carbonyl (C=O) groups is 4. The summed E-state index contributed by atoms with van der Waals surface area (Å²) in [4.78, 5) is 54.3. The summed E-state index contributed by atoms with van der Waals surface area (Å²) in [7, 11) is 0. The van der Waals surface area contributed by atoms with Gasteiger partial charge in [-0.25, -0.2) is 14.4 Å². The molecule has 0 aromatic heterocycles. The molecule has 10 heteroatoms. The maximum absolute atomic E-state index is 13.8. The van der Waals surface area contributed by atoms with Crippen LogP contribution in [0, 0.1) is 34.5 Å². The smallest absolute Gasteiger partial charge is 0.338 e. The van der Waals surface area contributed by atoms with Gasteiger partial charge in [-0.05, 0) is 130 Å². The quantitative estimate of drug-likeness (QED) is 0.121. The van der Waals surface area contributed by atoms with E-state index in [1.807, 2.05) is 6.92 Å². The van der Waals surface area contributed by atoms with Gasteiger partial charge in [0.05, 0.1) is 28.9 Å². The van der Waals surface area contributed by atoms with Crippen molar-refractivity contribution in [2.45, 2.75) is 134 Å². The molecular formula is C49H59NO9. The van der Waals surface area contributed by atoms with Gasteiger partial charge < -0.3 is 29.4 Å². The molecule has 1 heterocycles. The first-order valence-electron chi connectivity index (χ1n) is 21.8. The van der Waals surface area contributed by atoms with Crippen LogP contribution in [0.2, 0.25) is 0 Å². The molecule has 5 aliphatic rings. The number of Topliss-reactive ketones (excluding diaryl/α,β-unsaturated/α-hetero) is 1. The number of benzene rings is 3. The zero-order valence-corrected chi connectivity index (χ0v) is 34.8. The lowest BCUT2D eigenvalue weighted by atomic mass is 9.42. The minimum Gasteiger partial charge on any atom is -0.452 e. The molecule has 0 amide bonds. The lowest BCUT2D eigenvalue weighted by molar-refractivity contribution is -0.307. The highest BCUT2D eigenvalue weighted by atomic mass is 16.7. The van der Waals surface area contributed by atoms with Crippen molar-refractivity contribution in [3.05, 3.63) is 108 Å². The van der Waals surface area contributed by atoms with Crippen LogP contribution in [-0.2, 0) is 28.5 Å². The molecule has 8 rings (SSSR count). The summed E-state index contributed by atoms with van der Waals surface area (Å²) in [5, 5.41) is 0. The Morgan fingerprint density at radius 1 is 0.661 bits per heavy atom. The molecule has 1 aliphatic heterocycles. The first kappa shape index (κ1) is 41.4. The van der Waals surface area contributed by atoms with E-state index in [2.05, 4.69) is 13.8 Å². The summed E-state index contributed by atoms with van der Waals surface area (Å²) < 4.78 is 32.0. The Morgan fingerprint density at radius 3 is 1.76 bits per heavy atom. The normalized spacial score (nSPS) is 37.5. The number of ether oxygens (including phenoxy) is 5. The highest BCUT2D eigenvalue weighted by molar-refractivity contribution is 5.91. The molecule has 5 fully saturated rings. The van der Waals surface area contributed by atoms with Gasteiger partial charge >= 0.3 is 17.9 Å². The van der Waals surface area contributed by atoms with Crippen LogP contribution in [0.25, 0.3) is 0 Å². The minimum absolute atomic E-state index is 0.0483. The third-order valence-electron chi connectivity index (χ3n) is 15.5. The van der Waals surface area contributed by atoms with Crippen molar-refractivity contribution in [3.8, 4) is 0 Å². The molecule has 59 heavy (non-hydrogen) atoms. The summed E-state index contributed by atoms with van der Waals surface area (Å²) in [6, 6.07) is 25.7. The molecule has 3 aromatic carbocycles. The maximum atomic E-state index is 13.8. The molecule has 0 spiro atoms. The van der Waals surface area contributed by atoms with Gasteiger partial charge in [0.1, 0.15) is 5.78 Å². The predicted molar refractivity (Wildman–Crippen MR) is 220 cm³/mol. The van der Waals surface area contributed by atoms with Crippen LogP contribution in [0.3, 0.4) is 0 Å². The largest absolute Gasteiger partial charge is 0.452 e. The van der Waals surface area contributed by atoms with Gasteiger partial charge in [0.25, 0.3) is 0 Å². The zero-order valence-electron chi connectivity index (χ0n) is 34.8. The molecule has 3 aromatic rings. The number of hydrogen-bond acceptors (Lipinski definition) is 10. The van der Waals surface area contributed by atoms with Gasteiger partial charge in [-0.2, -0.15) is 0 Å². The highest BCUT2D eigenvalue weighted by Crippen LogP contribution is 2.68. The van der Waals surface area contributed by atoms with Crippen LogP contribution < -0.4 is 5.73 Å². The fourth-order valence-corrected chi connectivity index (χ4v) is 12.2. The van der Waals surface area contributed by atoms with E-state index in [1.165, 1.54) is 0 Å². The fourth-order valence-electron chi connectivity index (χ4n) is 12.2. The fraction of sp³-hybridized carbons (Fsp3) is 0.551. The lowest BCUT2D eigenvalue weighted by Crippen LogP contribution is -2.67. The van der Waals surface area contributed by atoms with Crippen molar-refractivity contribution in [1.82, 2.24) is 0 Å². The van der Waals surface area contributed by atoms with E-state index in [4.69, 9.17) is 29.4 Å². The van der Waals surface area contributed by atoms with Crippen LogP contribution in [-0.4, -0.2) is 66.0 Å². The topological polar surface area (TPSA) is 140 Å². The SMILES string of the molecule is CCC(=O)[C@H]1CC[C@]2(N)C3CCC4C[C@@H](OC5OC(C)C(OC(=O)c6ccccc6)C(OC(=O)c6ccccc6)C5OC(=O)c5ccccc5)CC[C@]4(C)C3CC[C@]12C. The number of hydrogen-bond donors (Lipinski definition) is 1. The Bertz CT molecular complexity index is 1990. The molecule has 13 atom stereocenters. The van der Waals surface area contributed by atoms with Crippen LogP contribution in [0.15, 0.2) is 91.0 Å². The predicted octanol–water partition coefficient (Wildman–Crippen LogP) is 8.51. The van der Waals surface area contributed by atoms with E-state index in [0.29, 0.717) is 46.6 Å². The molecule has 1 saturated heterocycles. The first-order valence-corrected chi connectivity index (χ1v) is 21.8. The van der Waals surface area contributed by atoms with E-state index in [9.17, 15) is 19.2 Å². The van der Waals surface area contributed by atoms with E-state index in [0.717, 1.165) is 57.8 Å². The third-order valence-corrected chi connectivity index (χ3v) is 15.5. The van der Waals surface area contributed by atoms with Crippen LogP contribution in [0.1, 0.15) is 123 Å². The molecule has 8 unspecified atom stereocenters. The van der Waals surface area contributed by atoms with E-state index >= 15 is 0 Å². The van der Waals surface area contributed by atoms with E-state index < -0.39 is 48.6 Å². The van der Waals surface area contributed by atoms with Crippen molar-refractivity contribution in [1.29, 1.82) is 0 Å². The number of rotatable bonds is 10. The molecule has 2 N–H and O–H groups in total. The van der Waals surface area contributed by atoms with Gasteiger partial charge in [0.2, 0.25) is 0 Å². The number of ketones is 1. The second-order valence-electron chi connectivity index (χ2n) is 18.4. The van der Waals surface area contributed by atoms with Crippen molar-refractivity contribution >= 4 is 23.7 Å². The molecule has 0 bridgehead atoms. The van der Waals surface area contributed by atoms with Crippen LogP contribution in [0.4, 0.5) is 0 Å². The molecule has 4 aliphatic carbocycles. The monoisotopic (exact) mass is 805 g/mol. The van der Waals surface area contributed by atoms with Gasteiger partial charge in [-0.1, -0.05) is 75.4 Å². The Balaban J connectivity index is 1.05. The van der Waals surface area contributed by atoms with Gasteiger partial charge in [0, 0.05) is 17.9 Å². The molecule has 0 radical (unpaired) electrons. The summed E-state index contributed by atoms with van der Waals surface area (Å²) >= 11 is 0. The lowest BCUT2D eigenvalue weighted by Gasteiger charge is -2.64. The van der Waals surface area contributed by atoms with Gasteiger partial charge in [0.15, 0.2) is 24.6 Å². The molecule has 4 saturated carbocycles. The number of fused-ring (bicyclic) bond motifs is 5. The maximum Gasteiger partial charge on any atom is 0.338 e. The third kappa shape index (κ3) is 7.54. The van der Waals surface area contributed by atoms with E-state index in [-0.39, 0.29) is 28.4 Å². The second-order valence-corrected chi connectivity index (χ2v) is 18.4. The van der Waals surface area contributed by atoms with Crippen molar-refractivity contribution < 1.29 is 42.9 Å². The minimum atomic E-state index is -1.28. The van der Waals surface area contributed by atoms with Crippen molar-refractivity contribution in [2.24, 2.45) is 40.2 Å². The van der Waals surface area contributed by atoms with Crippen LogP contribution >= 0.6 is 0 Å². The Hall–Kier alpha value is -4.38. The second kappa shape index (κ2) is 16.6. The Kier molecular flexibility index (Phi) is 11.6. The van der Waals surface area contributed by atoms with Gasteiger partial charge in [-0.15, -0.1) is 0 Å². The van der Waals surface area contributed by atoms with Gasteiger partial charge in [-0.3, -0.25) is 4.79 Å². The Labute approximate surface area is 347 Å². The number of nitrogens with two attached hydrogens (primary N) is 1. The summed E-state index contributed by atoms with van der Waals surface area (Å²) in [5.41, 5.74) is 7.99. The summed E-state index contributed by atoms with van der Waals surface area (Å²) in [6.45, 7) is 8.48. The van der Waals surface area contributed by atoms with Crippen molar-refractivity contribution in [3.63, 3.8) is 0 Å². The standard InChI is InChI=1S/C49H59NO9/c1-5-39(51)38-25-28-49(50)37-22-21-34-29-35(23-26-47(34,3)36(37)24-27-48(38,49)4)56-46-42(59-45(54)33-19-13-8-14-20-33)41(58-44(53)32-17-11-7-12-18-32)40(30(2)55-46)57-43(52)31-15-9-6-10-16-31/h6-20,30,34-38,40-42,46H,5,21-29,50H2,1-4H3/t30?,34?,35-,36?,37?,38+,40?,41?,42?,46?,47-,48+,49-/m0/s1. The number of esters is 3. The average Bonchev–Trinajstić information content (AvgIpc) is 3.54.